The summed E-state index contributed by atoms with van der Waals surface area (Å²) in [5.74, 6) is 0.0451. The Kier molecular flexibility index (Phi) is 4.83. The molecule has 1 aliphatic rings. The molecule has 1 saturated heterocycles. The van der Waals surface area contributed by atoms with Crippen LogP contribution in [0.5, 0.6) is 5.75 Å². The quantitative estimate of drug-likeness (QED) is 0.932. The average molecular weight is 343 g/mol. The molecule has 1 heterocycles. The summed E-state index contributed by atoms with van der Waals surface area (Å²) < 4.78 is 18.2. The van der Waals surface area contributed by atoms with Crippen LogP contribution in [0.3, 0.4) is 0 Å². The smallest absolute Gasteiger partial charge is 0.322 e. The molecule has 2 aromatic carbocycles. The van der Waals surface area contributed by atoms with Crippen molar-refractivity contribution in [3.8, 4) is 5.75 Å². The van der Waals surface area contributed by atoms with Gasteiger partial charge in [0.2, 0.25) is 5.91 Å². The second kappa shape index (κ2) is 7.21. The zero-order chi connectivity index (χ0) is 17.8. The fourth-order valence-corrected chi connectivity index (χ4v) is 2.69. The average Bonchev–Trinajstić information content (AvgIpc) is 2.63. The molecule has 2 aromatic rings. The molecule has 1 N–H and O–H groups in total. The lowest BCUT2D eigenvalue weighted by Crippen LogP contribution is -2.53. The number of rotatable bonds is 3. The van der Waals surface area contributed by atoms with E-state index in [1.807, 2.05) is 18.2 Å². The number of para-hydroxylation sites is 2. The molecule has 0 aliphatic carbocycles. The van der Waals surface area contributed by atoms with Crippen LogP contribution in [0.25, 0.3) is 0 Å². The maximum absolute atomic E-state index is 12.9. The first-order valence-corrected chi connectivity index (χ1v) is 7.83. The van der Waals surface area contributed by atoms with Crippen molar-refractivity contribution in [1.29, 1.82) is 0 Å². The number of piperazine rings is 1. The lowest BCUT2D eigenvalue weighted by Gasteiger charge is -2.34. The fraction of sp³-hybridized carbons (Fsp3) is 0.222. The molecule has 3 amide bonds. The first kappa shape index (κ1) is 16.8. The van der Waals surface area contributed by atoms with Crippen LogP contribution < -0.4 is 15.0 Å². The summed E-state index contributed by atoms with van der Waals surface area (Å²) in [7, 11) is 1.55. The zero-order valence-corrected chi connectivity index (χ0v) is 13.7. The molecule has 0 bridgehead atoms. The molecule has 25 heavy (non-hydrogen) atoms. The topological polar surface area (TPSA) is 61.9 Å². The number of nitrogens with one attached hydrogen (secondary N) is 1. The van der Waals surface area contributed by atoms with E-state index in [2.05, 4.69) is 5.32 Å². The number of anilines is 2. The van der Waals surface area contributed by atoms with Crippen LogP contribution in [-0.2, 0) is 4.79 Å². The SMILES string of the molecule is COc1ccccc1N1CCN(C(=O)Nc2ccc(F)cc2)CC1=O. The predicted octanol–water partition coefficient (Wildman–Crippen LogP) is 2.72. The van der Waals surface area contributed by atoms with Gasteiger partial charge in [-0.15, -0.1) is 0 Å². The van der Waals surface area contributed by atoms with Crippen LogP contribution in [0, 0.1) is 5.82 Å². The highest BCUT2D eigenvalue weighted by molar-refractivity contribution is 6.00. The zero-order valence-electron chi connectivity index (χ0n) is 13.7. The molecule has 3 rings (SSSR count). The molecular weight excluding hydrogens is 325 g/mol. The van der Waals surface area contributed by atoms with Gasteiger partial charge < -0.3 is 19.9 Å². The first-order chi connectivity index (χ1) is 12.1. The monoisotopic (exact) mass is 343 g/mol. The van der Waals surface area contributed by atoms with E-state index < -0.39 is 0 Å². The molecule has 0 saturated carbocycles. The molecule has 0 spiro atoms. The second-order valence-corrected chi connectivity index (χ2v) is 5.58. The molecular formula is C18H18FN3O3. The van der Waals surface area contributed by atoms with Gasteiger partial charge in [-0.1, -0.05) is 12.1 Å². The Bertz CT molecular complexity index is 779. The number of halogens is 1. The van der Waals surface area contributed by atoms with Gasteiger partial charge in [-0.25, -0.2) is 9.18 Å². The summed E-state index contributed by atoms with van der Waals surface area (Å²) in [5, 5.41) is 2.66. The van der Waals surface area contributed by atoms with Crippen molar-refractivity contribution in [2.45, 2.75) is 0 Å². The molecule has 6 nitrogen and oxygen atoms in total. The van der Waals surface area contributed by atoms with E-state index in [9.17, 15) is 14.0 Å². The number of amides is 3. The van der Waals surface area contributed by atoms with Gasteiger partial charge in [0.25, 0.3) is 0 Å². The Morgan fingerprint density at radius 2 is 1.84 bits per heavy atom. The molecule has 0 radical (unpaired) electrons. The number of carbonyl (C=O) groups is 2. The van der Waals surface area contributed by atoms with Crippen LogP contribution in [0.2, 0.25) is 0 Å². The highest BCUT2D eigenvalue weighted by Crippen LogP contribution is 2.28. The van der Waals surface area contributed by atoms with Crippen molar-refractivity contribution in [2.75, 3.05) is 37.0 Å². The molecule has 0 aromatic heterocycles. The third-order valence-corrected chi connectivity index (χ3v) is 3.98. The number of urea groups is 1. The van der Waals surface area contributed by atoms with E-state index in [-0.39, 0.29) is 24.3 Å². The maximum Gasteiger partial charge on any atom is 0.322 e. The summed E-state index contributed by atoms with van der Waals surface area (Å²) in [6, 6.07) is 12.3. The largest absolute Gasteiger partial charge is 0.495 e. The number of ether oxygens (including phenoxy) is 1. The number of hydrogen-bond acceptors (Lipinski definition) is 3. The number of benzene rings is 2. The first-order valence-electron chi connectivity index (χ1n) is 7.83. The highest BCUT2D eigenvalue weighted by atomic mass is 19.1. The van der Waals surface area contributed by atoms with Crippen LogP contribution in [-0.4, -0.2) is 43.6 Å². The van der Waals surface area contributed by atoms with Crippen molar-refractivity contribution in [2.24, 2.45) is 0 Å². The Morgan fingerprint density at radius 1 is 1.12 bits per heavy atom. The van der Waals surface area contributed by atoms with Crippen LogP contribution in [0.1, 0.15) is 0 Å². The molecule has 0 atom stereocenters. The summed E-state index contributed by atoms with van der Waals surface area (Å²) in [5.41, 5.74) is 1.17. The Labute approximate surface area is 144 Å². The number of hydrogen-bond donors (Lipinski definition) is 1. The Balaban J connectivity index is 1.66. The molecule has 7 heteroatoms. The van der Waals surface area contributed by atoms with Crippen molar-refractivity contribution < 1.29 is 18.7 Å². The third-order valence-electron chi connectivity index (χ3n) is 3.98. The normalized spacial score (nSPS) is 14.4. The molecule has 1 fully saturated rings. The minimum absolute atomic E-state index is 0.0366. The fourth-order valence-electron chi connectivity index (χ4n) is 2.69. The van der Waals surface area contributed by atoms with E-state index in [1.54, 1.807) is 18.1 Å². The Hall–Kier alpha value is -3.09. The van der Waals surface area contributed by atoms with Gasteiger partial charge in [-0.2, -0.15) is 0 Å². The minimum atomic E-state index is -0.389. The number of nitrogens with zero attached hydrogens (tertiary/aromatic N) is 2. The van der Waals surface area contributed by atoms with E-state index in [0.29, 0.717) is 30.2 Å². The predicted molar refractivity (Wildman–Crippen MR) is 92.3 cm³/mol. The van der Waals surface area contributed by atoms with E-state index in [1.165, 1.54) is 29.2 Å². The second-order valence-electron chi connectivity index (χ2n) is 5.58. The van der Waals surface area contributed by atoms with E-state index in [4.69, 9.17) is 4.74 Å². The van der Waals surface area contributed by atoms with Gasteiger partial charge in [0.15, 0.2) is 0 Å². The van der Waals surface area contributed by atoms with Gasteiger partial charge in [0.1, 0.15) is 18.1 Å². The van der Waals surface area contributed by atoms with E-state index >= 15 is 0 Å². The van der Waals surface area contributed by atoms with Crippen LogP contribution in [0.4, 0.5) is 20.6 Å². The Morgan fingerprint density at radius 3 is 2.52 bits per heavy atom. The van der Waals surface area contributed by atoms with Gasteiger partial charge in [0.05, 0.1) is 12.8 Å². The third kappa shape index (κ3) is 3.71. The van der Waals surface area contributed by atoms with Gasteiger partial charge in [0, 0.05) is 18.8 Å². The summed E-state index contributed by atoms with van der Waals surface area (Å²) in [4.78, 5) is 27.8. The van der Waals surface area contributed by atoms with Gasteiger partial charge in [-0.3, -0.25) is 4.79 Å². The van der Waals surface area contributed by atoms with Gasteiger partial charge >= 0.3 is 6.03 Å². The van der Waals surface area contributed by atoms with Crippen molar-refractivity contribution in [3.63, 3.8) is 0 Å². The molecule has 0 unspecified atom stereocenters. The highest BCUT2D eigenvalue weighted by Gasteiger charge is 2.29. The molecule has 130 valence electrons. The van der Waals surface area contributed by atoms with Crippen molar-refractivity contribution >= 4 is 23.3 Å². The lowest BCUT2D eigenvalue weighted by atomic mass is 10.2. The number of methoxy groups -OCH3 is 1. The van der Waals surface area contributed by atoms with E-state index in [0.717, 1.165) is 0 Å². The van der Waals surface area contributed by atoms with Gasteiger partial charge in [-0.05, 0) is 36.4 Å². The number of carbonyl (C=O) groups excluding carboxylic acids is 2. The minimum Gasteiger partial charge on any atom is -0.495 e. The summed E-state index contributed by atoms with van der Waals surface area (Å²) in [6.07, 6.45) is 0. The summed E-state index contributed by atoms with van der Waals surface area (Å²) in [6.45, 7) is 0.720. The molecule has 1 aliphatic heterocycles. The summed E-state index contributed by atoms with van der Waals surface area (Å²) >= 11 is 0. The van der Waals surface area contributed by atoms with Crippen LogP contribution in [0.15, 0.2) is 48.5 Å². The standard InChI is InChI=1S/C18H18FN3O3/c1-25-16-5-3-2-4-15(16)22-11-10-21(12-17(22)23)18(24)20-14-8-6-13(19)7-9-14/h2-9H,10-12H2,1H3,(H,20,24). The lowest BCUT2D eigenvalue weighted by molar-refractivity contribution is -0.120. The van der Waals surface area contributed by atoms with Crippen molar-refractivity contribution in [3.05, 3.63) is 54.3 Å². The van der Waals surface area contributed by atoms with Crippen LogP contribution >= 0.6 is 0 Å². The van der Waals surface area contributed by atoms with Crippen molar-refractivity contribution in [1.82, 2.24) is 4.90 Å². The maximum atomic E-state index is 12.9.